The van der Waals surface area contributed by atoms with Gasteiger partial charge in [0.25, 0.3) is 0 Å². The van der Waals surface area contributed by atoms with Gasteiger partial charge in [-0.25, -0.2) is 0 Å². The van der Waals surface area contributed by atoms with Gasteiger partial charge in [0.05, 0.1) is 0 Å². The summed E-state index contributed by atoms with van der Waals surface area (Å²) < 4.78 is 0. The van der Waals surface area contributed by atoms with Crippen LogP contribution in [0.1, 0.15) is 5.30 Å². The number of hydrogen-bond donors (Lipinski definition) is 1. The molecule has 0 nitrogen and oxygen atoms in total. The molecule has 1 heterocycles. The molecule has 1 rings (SSSR count). The van der Waals surface area contributed by atoms with Crippen LogP contribution in [0.3, 0.4) is 0 Å². The Morgan fingerprint density at radius 2 is 2.57 bits per heavy atom. The molecule has 1 unspecified atom stereocenters. The van der Waals surface area contributed by atoms with Crippen LogP contribution in [-0.2, 0) is 5.75 Å². The van der Waals surface area contributed by atoms with Gasteiger partial charge in [0.1, 0.15) is 0 Å². The highest BCUT2D eigenvalue weighted by Gasteiger charge is 1.81. The minimum absolute atomic E-state index is 0.904. The lowest BCUT2D eigenvalue weighted by Crippen LogP contribution is -1.57. The van der Waals surface area contributed by atoms with Crippen LogP contribution in [0.15, 0.2) is 17.9 Å². The summed E-state index contributed by atoms with van der Waals surface area (Å²) in [5, 5.41) is 1.45. The Morgan fingerprint density at radius 3 is 2.86 bits per heavy atom. The van der Waals surface area contributed by atoms with Crippen molar-refractivity contribution in [1.29, 1.82) is 0 Å². The molecule has 2 heteroatoms. The van der Waals surface area contributed by atoms with Crippen LogP contribution in [0.5, 0.6) is 0 Å². The van der Waals surface area contributed by atoms with Gasteiger partial charge < -0.3 is 0 Å². The Bertz CT molecular complexity index is 123. The predicted octanol–water partition coefficient (Wildman–Crippen LogP) is 2.15. The van der Waals surface area contributed by atoms with Crippen molar-refractivity contribution in [2.24, 2.45) is 0 Å². The number of hydrogen-bond acceptors (Lipinski definition) is 1. The molecule has 1 aromatic heterocycles. The zero-order valence-electron chi connectivity index (χ0n) is 3.89. The van der Waals surface area contributed by atoms with Crippen molar-refractivity contribution in [3.05, 3.63) is 23.2 Å². The maximum absolute atomic E-state index is 4.11. The maximum atomic E-state index is 4.11. The smallest absolute Gasteiger partial charge is 0.0189 e. The fraction of sp³-hybridized carbons (Fsp3) is 0.200. The predicted molar refractivity (Wildman–Crippen MR) is 38.6 cm³/mol. The molecule has 0 N–H and O–H groups in total. The van der Waals surface area contributed by atoms with Gasteiger partial charge in [-0.1, -0.05) is 12.1 Å². The molecule has 0 radical (unpaired) electrons. The molecule has 1 aromatic rings. The molecule has 0 aliphatic carbocycles. The van der Waals surface area contributed by atoms with Crippen molar-refractivity contribution in [2.45, 2.75) is 5.75 Å². The van der Waals surface area contributed by atoms with Crippen LogP contribution in [0.4, 0.5) is 0 Å². The van der Waals surface area contributed by atoms with E-state index < -0.39 is 0 Å². The summed E-state index contributed by atoms with van der Waals surface area (Å²) >= 11 is 4.11. The van der Waals surface area contributed by atoms with Gasteiger partial charge in [0.2, 0.25) is 0 Å². The molecule has 0 aromatic carbocycles. The lowest BCUT2D eigenvalue weighted by molar-refractivity contribution is 1.57. The van der Waals surface area contributed by atoms with E-state index in [1.54, 1.807) is 0 Å². The summed E-state index contributed by atoms with van der Waals surface area (Å²) in [5.74, 6) is 3.09. The molecule has 0 saturated heterocycles. The molecule has 0 spiro atoms. The SMILES string of the molecule is SCc1ccc[pH]1. The Labute approximate surface area is 50.4 Å². The third-order valence-corrected chi connectivity index (χ3v) is 2.54. The van der Waals surface area contributed by atoms with E-state index in [4.69, 9.17) is 0 Å². The van der Waals surface area contributed by atoms with E-state index in [1.807, 2.05) is 0 Å². The van der Waals surface area contributed by atoms with Crippen molar-refractivity contribution in [3.63, 3.8) is 0 Å². The summed E-state index contributed by atoms with van der Waals surface area (Å²) in [6, 6.07) is 4.22. The highest BCUT2D eigenvalue weighted by atomic mass is 32.1. The molecule has 0 fully saturated rings. The van der Waals surface area contributed by atoms with E-state index >= 15 is 0 Å². The molecule has 0 aliphatic rings. The molecule has 0 amide bonds. The van der Waals surface area contributed by atoms with Gasteiger partial charge in [-0.15, -0.1) is 8.19 Å². The number of thiol groups is 1. The Balaban J connectivity index is 2.76. The molecular formula is C5H7PS. The lowest BCUT2D eigenvalue weighted by Gasteiger charge is -1.79. The van der Waals surface area contributed by atoms with Crippen LogP contribution >= 0.6 is 20.8 Å². The second-order valence-electron chi connectivity index (χ2n) is 1.35. The van der Waals surface area contributed by atoms with Crippen LogP contribution in [0.2, 0.25) is 0 Å². The third kappa shape index (κ3) is 1.25. The maximum Gasteiger partial charge on any atom is 0.0189 e. The molecule has 1 atom stereocenters. The minimum atomic E-state index is 0.904. The molecule has 0 saturated carbocycles. The average Bonchev–Trinajstić information content (AvgIpc) is 2.14. The second-order valence-corrected chi connectivity index (χ2v) is 2.93. The zero-order chi connectivity index (χ0) is 5.11. The average molecular weight is 130 g/mol. The zero-order valence-corrected chi connectivity index (χ0v) is 5.78. The first-order valence-electron chi connectivity index (χ1n) is 2.16. The Morgan fingerprint density at radius 1 is 1.71 bits per heavy atom. The topological polar surface area (TPSA) is 0 Å². The van der Waals surface area contributed by atoms with Crippen molar-refractivity contribution in [2.75, 3.05) is 0 Å². The van der Waals surface area contributed by atoms with Crippen LogP contribution in [-0.4, -0.2) is 0 Å². The minimum Gasteiger partial charge on any atom is -0.174 e. The highest BCUT2D eigenvalue weighted by molar-refractivity contribution is 7.79. The van der Waals surface area contributed by atoms with E-state index in [-0.39, 0.29) is 0 Å². The number of rotatable bonds is 1. The molecule has 0 bridgehead atoms. The summed E-state index contributed by atoms with van der Waals surface area (Å²) in [7, 11) is 0.904. The first-order chi connectivity index (χ1) is 3.43. The Hall–Kier alpha value is 0.130. The summed E-state index contributed by atoms with van der Waals surface area (Å²) in [5.41, 5.74) is 0. The monoisotopic (exact) mass is 130 g/mol. The normalized spacial score (nSPS) is 10.4. The van der Waals surface area contributed by atoms with Crippen molar-refractivity contribution in [3.8, 4) is 0 Å². The van der Waals surface area contributed by atoms with E-state index in [0.717, 1.165) is 13.9 Å². The van der Waals surface area contributed by atoms with Gasteiger partial charge in [0, 0.05) is 5.75 Å². The third-order valence-electron chi connectivity index (χ3n) is 0.833. The fourth-order valence-corrected chi connectivity index (χ4v) is 1.54. The largest absolute Gasteiger partial charge is 0.174 e. The van der Waals surface area contributed by atoms with E-state index in [9.17, 15) is 0 Å². The highest BCUT2D eigenvalue weighted by Crippen LogP contribution is 2.15. The first-order valence-corrected chi connectivity index (χ1v) is 3.87. The van der Waals surface area contributed by atoms with Crippen LogP contribution < -0.4 is 0 Å². The van der Waals surface area contributed by atoms with E-state index in [2.05, 4.69) is 30.6 Å². The van der Waals surface area contributed by atoms with E-state index in [1.165, 1.54) is 5.30 Å². The summed E-state index contributed by atoms with van der Waals surface area (Å²) in [6.45, 7) is 0. The van der Waals surface area contributed by atoms with Crippen molar-refractivity contribution in [1.82, 2.24) is 0 Å². The fourth-order valence-electron chi connectivity index (χ4n) is 0.466. The standard InChI is InChI=1S/C5H7PS/c7-4-5-2-1-3-6-5/h1-3,6-7H,4H2. The van der Waals surface area contributed by atoms with Gasteiger partial charge in [-0.3, -0.25) is 0 Å². The lowest BCUT2D eigenvalue weighted by atomic mass is 10.5. The van der Waals surface area contributed by atoms with Crippen molar-refractivity contribution >= 4 is 20.8 Å². The summed E-state index contributed by atoms with van der Waals surface area (Å²) in [4.78, 5) is 0. The molecular weight excluding hydrogens is 123 g/mol. The summed E-state index contributed by atoms with van der Waals surface area (Å²) in [6.07, 6.45) is 0. The van der Waals surface area contributed by atoms with Crippen molar-refractivity contribution < 1.29 is 0 Å². The van der Waals surface area contributed by atoms with Gasteiger partial charge >= 0.3 is 0 Å². The Kier molecular flexibility index (Phi) is 1.84. The quantitative estimate of drug-likeness (QED) is 0.553. The first kappa shape index (κ1) is 5.27. The van der Waals surface area contributed by atoms with Crippen LogP contribution in [0, 0.1) is 0 Å². The van der Waals surface area contributed by atoms with Gasteiger partial charge in [0.15, 0.2) is 0 Å². The van der Waals surface area contributed by atoms with Gasteiger partial charge in [-0.2, -0.15) is 12.6 Å². The molecule has 38 valence electrons. The van der Waals surface area contributed by atoms with Gasteiger partial charge in [-0.05, 0) is 11.1 Å². The molecule has 7 heavy (non-hydrogen) atoms. The molecule has 0 aliphatic heterocycles. The second kappa shape index (κ2) is 2.44. The van der Waals surface area contributed by atoms with Crippen LogP contribution in [0.25, 0.3) is 0 Å². The van der Waals surface area contributed by atoms with E-state index in [0.29, 0.717) is 0 Å².